The van der Waals surface area contributed by atoms with E-state index in [9.17, 15) is 9.59 Å². The number of ether oxygens (including phenoxy) is 6. The molecule has 10 rings (SSSR count). The second-order valence-electron chi connectivity index (χ2n) is 16.7. The Labute approximate surface area is 407 Å². The fraction of sp³-hybridized carbons (Fsp3) is 0.400. The molecule has 4 aromatic carbocycles. The molecule has 4 saturated heterocycles. The molecule has 2 aromatic heterocycles. The summed E-state index contributed by atoms with van der Waals surface area (Å²) in [6, 6.07) is 26.7. The van der Waals surface area contributed by atoms with Crippen LogP contribution in [0.1, 0.15) is 22.4 Å². The number of hydrogen-bond donors (Lipinski definition) is 2. The average Bonchev–Trinajstić information content (AvgIpc) is 3.41. The van der Waals surface area contributed by atoms with Crippen LogP contribution in [0.3, 0.4) is 0 Å². The van der Waals surface area contributed by atoms with Crippen LogP contribution in [0.25, 0.3) is 21.5 Å². The number of morpholine rings is 4. The Bertz CT molecular complexity index is 2680. The van der Waals surface area contributed by atoms with E-state index in [2.05, 4.69) is 45.3 Å². The molecule has 2 N–H and O–H groups in total. The Morgan fingerprint density at radius 1 is 0.536 bits per heavy atom. The first kappa shape index (κ1) is 47.8. The minimum Gasteiger partial charge on any atom is -0.492 e. The monoisotopic (exact) mass is 962 g/mol. The quantitative estimate of drug-likeness (QED) is 0.126. The van der Waals surface area contributed by atoms with Crippen molar-refractivity contribution in [1.82, 2.24) is 29.7 Å². The van der Waals surface area contributed by atoms with Crippen LogP contribution in [0, 0.1) is 0 Å². The third-order valence-electron chi connectivity index (χ3n) is 12.3. The molecule has 4 fully saturated rings. The van der Waals surface area contributed by atoms with Gasteiger partial charge in [-0.25, -0.2) is 19.9 Å². The van der Waals surface area contributed by atoms with Crippen molar-refractivity contribution in [3.63, 3.8) is 0 Å². The summed E-state index contributed by atoms with van der Waals surface area (Å²) >= 11 is 6.15. The SMILES string of the molecule is O=C(Nc1ccc(OCCN2CCOCC2)c2ccccc12)c1cc(N2CCOCC2)nc(Cl)n1.O=C(Nc1ccc(OCCN2CCOCC2)c2ccccc12)c1cc(N2CCOCC2)ncn1.[HH]. The van der Waals surface area contributed by atoms with Crippen LogP contribution in [0.4, 0.5) is 23.0 Å². The number of benzene rings is 4. The van der Waals surface area contributed by atoms with E-state index < -0.39 is 0 Å². The normalized spacial score (nSPS) is 16.9. The Hall–Kier alpha value is -6.25. The van der Waals surface area contributed by atoms with Crippen LogP contribution < -0.4 is 29.9 Å². The minimum atomic E-state index is -0.352. The number of carbonyl (C=O) groups is 2. The van der Waals surface area contributed by atoms with E-state index in [-0.39, 0.29) is 24.2 Å². The number of halogens is 1. The average molecular weight is 964 g/mol. The van der Waals surface area contributed by atoms with Crippen LogP contribution in [-0.2, 0) is 18.9 Å². The smallest absolute Gasteiger partial charge is 0.274 e. The molecule has 6 heterocycles. The van der Waals surface area contributed by atoms with E-state index in [1.54, 1.807) is 12.1 Å². The van der Waals surface area contributed by atoms with Gasteiger partial charge in [-0.1, -0.05) is 48.5 Å². The summed E-state index contributed by atoms with van der Waals surface area (Å²) in [7, 11) is 0. The van der Waals surface area contributed by atoms with E-state index in [1.807, 2.05) is 77.7 Å². The number of nitrogens with one attached hydrogen (secondary N) is 2. The summed E-state index contributed by atoms with van der Waals surface area (Å²) in [4.78, 5) is 51.9. The van der Waals surface area contributed by atoms with Crippen LogP contribution >= 0.6 is 11.6 Å². The second kappa shape index (κ2) is 23.9. The number of fused-ring (bicyclic) bond motifs is 2. The van der Waals surface area contributed by atoms with Crippen molar-refractivity contribution in [1.29, 1.82) is 0 Å². The molecule has 18 nitrogen and oxygen atoms in total. The zero-order valence-corrected chi connectivity index (χ0v) is 39.3. The molecule has 0 aliphatic carbocycles. The van der Waals surface area contributed by atoms with E-state index >= 15 is 0 Å². The highest BCUT2D eigenvalue weighted by Crippen LogP contribution is 2.34. The van der Waals surface area contributed by atoms with Gasteiger partial charge in [0.2, 0.25) is 5.28 Å². The molecular weight excluding hydrogens is 904 g/mol. The number of nitrogens with zero attached hydrogens (tertiary/aromatic N) is 8. The van der Waals surface area contributed by atoms with Crippen molar-refractivity contribution < 1.29 is 39.4 Å². The third-order valence-corrected chi connectivity index (χ3v) is 12.4. The van der Waals surface area contributed by atoms with Gasteiger partial charge < -0.3 is 48.9 Å². The Morgan fingerprint density at radius 3 is 1.48 bits per heavy atom. The van der Waals surface area contributed by atoms with Crippen LogP contribution in [0.2, 0.25) is 5.28 Å². The summed E-state index contributed by atoms with van der Waals surface area (Å²) in [5.74, 6) is 2.31. The molecule has 0 radical (unpaired) electrons. The lowest BCUT2D eigenvalue weighted by atomic mass is 10.1. The summed E-state index contributed by atoms with van der Waals surface area (Å²) in [6.07, 6.45) is 1.43. The highest BCUT2D eigenvalue weighted by Gasteiger charge is 2.21. The molecule has 4 aliphatic rings. The number of hydrogen-bond acceptors (Lipinski definition) is 16. The van der Waals surface area contributed by atoms with Crippen molar-refractivity contribution in [2.45, 2.75) is 0 Å². The topological polar surface area (TPSA) is 178 Å². The van der Waals surface area contributed by atoms with Gasteiger partial charge in [0.25, 0.3) is 11.8 Å². The first-order valence-electron chi connectivity index (χ1n) is 23.5. The van der Waals surface area contributed by atoms with E-state index in [0.29, 0.717) is 75.6 Å². The van der Waals surface area contributed by atoms with Gasteiger partial charge in [0.1, 0.15) is 54.1 Å². The largest absolute Gasteiger partial charge is 0.492 e. The van der Waals surface area contributed by atoms with Crippen molar-refractivity contribution in [2.75, 3.05) is 152 Å². The maximum Gasteiger partial charge on any atom is 0.274 e. The molecular formula is C50H59ClN10O8. The summed E-state index contributed by atoms with van der Waals surface area (Å²) in [5, 5.41) is 9.73. The lowest BCUT2D eigenvalue weighted by Crippen LogP contribution is -2.38. The minimum absolute atomic E-state index is 0. The van der Waals surface area contributed by atoms with Crippen LogP contribution in [0.5, 0.6) is 11.5 Å². The fourth-order valence-corrected chi connectivity index (χ4v) is 8.69. The first-order valence-corrected chi connectivity index (χ1v) is 23.9. The number of rotatable bonds is 14. The molecule has 19 heteroatoms. The maximum atomic E-state index is 13.1. The van der Waals surface area contributed by atoms with Gasteiger partial charge in [0.15, 0.2) is 0 Å². The number of aromatic nitrogens is 4. The lowest BCUT2D eigenvalue weighted by molar-refractivity contribution is 0.0322. The maximum absolute atomic E-state index is 13.1. The molecule has 0 bridgehead atoms. The summed E-state index contributed by atoms with van der Waals surface area (Å²) < 4.78 is 33.8. The van der Waals surface area contributed by atoms with Crippen LogP contribution in [0.15, 0.2) is 91.3 Å². The van der Waals surface area contributed by atoms with Crippen LogP contribution in [-0.4, -0.2) is 173 Å². The van der Waals surface area contributed by atoms with E-state index in [1.165, 1.54) is 6.33 Å². The standard InChI is InChI=1S/C25H28ClN5O4.C25H29N5O4.H2/c26-25-28-21(17-23(29-25)31-10-14-34-15-11-31)24(32)27-20-5-6-22(19-4-2-1-3-18(19)20)35-16-9-30-7-12-33-13-8-30;31-25(22-17-24(27-18-26-22)30-10-14-33-15-11-30)28-21-5-6-23(20-4-2-1-3-19(20)21)34-16-9-29-7-12-32-13-8-29;/h1-6,17H,7-16H2,(H,27,32);1-6,17-18H,7-16H2,(H,28,31);1H. The zero-order valence-electron chi connectivity index (χ0n) is 38.5. The fourth-order valence-electron chi connectivity index (χ4n) is 8.52. The van der Waals surface area contributed by atoms with Gasteiger partial charge >= 0.3 is 0 Å². The van der Waals surface area contributed by atoms with E-state index in [4.69, 9.17) is 40.0 Å². The highest BCUT2D eigenvalue weighted by atomic mass is 35.5. The molecule has 0 unspecified atom stereocenters. The summed E-state index contributed by atoms with van der Waals surface area (Å²) in [5.41, 5.74) is 1.93. The third kappa shape index (κ3) is 12.7. The molecule has 4 aliphatic heterocycles. The van der Waals surface area contributed by atoms with Gasteiger partial charge in [0, 0.05) is 112 Å². The van der Waals surface area contributed by atoms with Crippen molar-refractivity contribution in [3.05, 3.63) is 108 Å². The molecule has 2 amide bonds. The number of anilines is 4. The molecule has 69 heavy (non-hydrogen) atoms. The molecule has 0 atom stereocenters. The zero-order chi connectivity index (χ0) is 47.2. The Balaban J connectivity index is 0.000000186. The van der Waals surface area contributed by atoms with Gasteiger partial charge in [-0.05, 0) is 35.9 Å². The number of carbonyl (C=O) groups excluding carboxylic acids is 2. The Kier molecular flexibility index (Phi) is 16.5. The van der Waals surface area contributed by atoms with Gasteiger partial charge in [-0.3, -0.25) is 19.4 Å². The van der Waals surface area contributed by atoms with Crippen molar-refractivity contribution in [3.8, 4) is 11.5 Å². The predicted octanol–water partition coefficient (Wildman–Crippen LogP) is 5.76. The van der Waals surface area contributed by atoms with Gasteiger partial charge in [0.05, 0.1) is 52.9 Å². The molecule has 0 saturated carbocycles. The Morgan fingerprint density at radius 2 is 0.971 bits per heavy atom. The van der Waals surface area contributed by atoms with E-state index in [0.717, 1.165) is 118 Å². The van der Waals surface area contributed by atoms with Gasteiger partial charge in [-0.15, -0.1) is 0 Å². The number of amides is 2. The predicted molar refractivity (Wildman–Crippen MR) is 267 cm³/mol. The first-order chi connectivity index (χ1) is 33.9. The molecule has 0 spiro atoms. The highest BCUT2D eigenvalue weighted by molar-refractivity contribution is 6.28. The van der Waals surface area contributed by atoms with Crippen molar-refractivity contribution >= 4 is 68.0 Å². The van der Waals surface area contributed by atoms with Crippen molar-refractivity contribution in [2.24, 2.45) is 0 Å². The summed E-state index contributed by atoms with van der Waals surface area (Å²) in [6.45, 7) is 15.1. The molecule has 364 valence electrons. The lowest BCUT2D eigenvalue weighted by Gasteiger charge is -2.27. The van der Waals surface area contributed by atoms with Gasteiger partial charge in [-0.2, -0.15) is 0 Å². The second-order valence-corrected chi connectivity index (χ2v) is 17.0. The molecule has 6 aromatic rings.